The highest BCUT2D eigenvalue weighted by molar-refractivity contribution is 6.30. The van der Waals surface area contributed by atoms with Gasteiger partial charge in [0.1, 0.15) is 17.9 Å². The van der Waals surface area contributed by atoms with Crippen LogP contribution in [0, 0.1) is 0 Å². The number of rotatable bonds is 3. The van der Waals surface area contributed by atoms with E-state index in [4.69, 9.17) is 21.8 Å². The standard InChI is InChI=1S/C12H11ClN2O2/c1-7(11(14)16)12-15-10(6-17-12)8-2-4-9(13)5-3-8/h2-7H,1H3,(H2,14,16). The highest BCUT2D eigenvalue weighted by atomic mass is 35.5. The molecule has 5 heteroatoms. The predicted molar refractivity (Wildman–Crippen MR) is 64.6 cm³/mol. The van der Waals surface area contributed by atoms with Gasteiger partial charge in [-0.1, -0.05) is 23.7 Å². The molecule has 0 fully saturated rings. The van der Waals surface area contributed by atoms with Crippen LogP contribution in [-0.4, -0.2) is 10.9 Å². The fourth-order valence-corrected chi connectivity index (χ4v) is 1.49. The first-order chi connectivity index (χ1) is 8.08. The Morgan fingerprint density at radius 1 is 1.41 bits per heavy atom. The molecule has 0 saturated carbocycles. The Hall–Kier alpha value is -1.81. The van der Waals surface area contributed by atoms with E-state index in [1.807, 2.05) is 12.1 Å². The molecule has 0 saturated heterocycles. The third-order valence-corrected chi connectivity index (χ3v) is 2.71. The van der Waals surface area contributed by atoms with Crippen molar-refractivity contribution >= 4 is 17.5 Å². The Morgan fingerprint density at radius 2 is 2.06 bits per heavy atom. The highest BCUT2D eigenvalue weighted by Gasteiger charge is 2.18. The zero-order valence-electron chi connectivity index (χ0n) is 9.18. The van der Waals surface area contributed by atoms with Gasteiger partial charge in [-0.25, -0.2) is 4.98 Å². The lowest BCUT2D eigenvalue weighted by Crippen LogP contribution is -2.18. The van der Waals surface area contributed by atoms with Crippen molar-refractivity contribution < 1.29 is 9.21 Å². The summed E-state index contributed by atoms with van der Waals surface area (Å²) >= 11 is 5.79. The van der Waals surface area contributed by atoms with E-state index in [0.717, 1.165) is 5.56 Å². The third-order valence-electron chi connectivity index (χ3n) is 2.46. The Kier molecular flexibility index (Phi) is 3.15. The number of hydrogen-bond acceptors (Lipinski definition) is 3. The quantitative estimate of drug-likeness (QED) is 0.910. The van der Waals surface area contributed by atoms with Gasteiger partial charge in [0.25, 0.3) is 0 Å². The van der Waals surface area contributed by atoms with Crippen LogP contribution in [0.25, 0.3) is 11.3 Å². The van der Waals surface area contributed by atoms with E-state index in [2.05, 4.69) is 4.98 Å². The van der Waals surface area contributed by atoms with Crippen LogP contribution in [0.15, 0.2) is 34.9 Å². The molecule has 1 aromatic carbocycles. The SMILES string of the molecule is CC(C(N)=O)c1nc(-c2ccc(Cl)cc2)co1. The number of carbonyl (C=O) groups excluding carboxylic acids is 1. The molecule has 1 unspecified atom stereocenters. The summed E-state index contributed by atoms with van der Waals surface area (Å²) in [5, 5.41) is 0.656. The maximum atomic E-state index is 11.0. The number of nitrogens with two attached hydrogens (primary N) is 1. The van der Waals surface area contributed by atoms with Gasteiger partial charge in [0.2, 0.25) is 11.8 Å². The van der Waals surface area contributed by atoms with Gasteiger partial charge in [-0.2, -0.15) is 0 Å². The van der Waals surface area contributed by atoms with Gasteiger partial charge in [-0.3, -0.25) is 4.79 Å². The monoisotopic (exact) mass is 250 g/mol. The molecule has 1 amide bonds. The molecule has 0 spiro atoms. The maximum Gasteiger partial charge on any atom is 0.229 e. The average molecular weight is 251 g/mol. The van der Waals surface area contributed by atoms with Crippen LogP contribution in [-0.2, 0) is 4.79 Å². The molecule has 0 aliphatic heterocycles. The number of benzene rings is 1. The second-order valence-corrected chi connectivity index (χ2v) is 4.14. The Bertz CT molecular complexity index is 534. The summed E-state index contributed by atoms with van der Waals surface area (Å²) in [5.41, 5.74) is 6.71. The Morgan fingerprint density at radius 3 is 2.65 bits per heavy atom. The summed E-state index contributed by atoms with van der Waals surface area (Å²) < 4.78 is 5.23. The fraction of sp³-hybridized carbons (Fsp3) is 0.167. The van der Waals surface area contributed by atoms with Gasteiger partial charge in [0.15, 0.2) is 0 Å². The van der Waals surface area contributed by atoms with Crippen molar-refractivity contribution in [3.63, 3.8) is 0 Å². The molecule has 2 rings (SSSR count). The first-order valence-corrected chi connectivity index (χ1v) is 5.46. The largest absolute Gasteiger partial charge is 0.447 e. The predicted octanol–water partition coefficient (Wildman–Crippen LogP) is 2.58. The topological polar surface area (TPSA) is 69.1 Å². The summed E-state index contributed by atoms with van der Waals surface area (Å²) in [6.45, 7) is 1.65. The van der Waals surface area contributed by atoms with Crippen molar-refractivity contribution in [3.05, 3.63) is 41.4 Å². The Balaban J connectivity index is 2.29. The minimum Gasteiger partial charge on any atom is -0.447 e. The minimum absolute atomic E-state index is 0.322. The van der Waals surface area contributed by atoms with Crippen molar-refractivity contribution in [2.24, 2.45) is 5.73 Å². The van der Waals surface area contributed by atoms with Gasteiger partial charge >= 0.3 is 0 Å². The van der Waals surface area contributed by atoms with Crippen LogP contribution >= 0.6 is 11.6 Å². The maximum absolute atomic E-state index is 11.0. The third kappa shape index (κ3) is 2.47. The molecule has 0 bridgehead atoms. The number of oxazole rings is 1. The van der Waals surface area contributed by atoms with Crippen LogP contribution in [0.1, 0.15) is 18.7 Å². The van der Waals surface area contributed by atoms with Gasteiger partial charge in [0, 0.05) is 10.6 Å². The lowest BCUT2D eigenvalue weighted by molar-refractivity contribution is -0.119. The fourth-order valence-electron chi connectivity index (χ4n) is 1.36. The normalized spacial score (nSPS) is 12.4. The van der Waals surface area contributed by atoms with Crippen LogP contribution in [0.2, 0.25) is 5.02 Å². The van der Waals surface area contributed by atoms with Gasteiger partial charge in [0.05, 0.1) is 0 Å². The van der Waals surface area contributed by atoms with E-state index in [1.165, 1.54) is 6.26 Å². The molecule has 1 heterocycles. The van der Waals surface area contributed by atoms with E-state index < -0.39 is 11.8 Å². The smallest absolute Gasteiger partial charge is 0.229 e. The number of aromatic nitrogens is 1. The van der Waals surface area contributed by atoms with E-state index in [1.54, 1.807) is 19.1 Å². The molecule has 88 valence electrons. The number of amides is 1. The molecule has 1 aromatic heterocycles. The van der Waals surface area contributed by atoms with Crippen molar-refractivity contribution in [3.8, 4) is 11.3 Å². The van der Waals surface area contributed by atoms with Gasteiger partial charge in [-0.05, 0) is 19.1 Å². The van der Waals surface area contributed by atoms with Crippen molar-refractivity contribution in [2.45, 2.75) is 12.8 Å². The first-order valence-electron chi connectivity index (χ1n) is 5.08. The molecule has 4 nitrogen and oxygen atoms in total. The zero-order chi connectivity index (χ0) is 12.4. The van der Waals surface area contributed by atoms with Crippen molar-refractivity contribution in [1.29, 1.82) is 0 Å². The summed E-state index contributed by atoms with van der Waals surface area (Å²) in [5.74, 6) is -0.673. The van der Waals surface area contributed by atoms with E-state index in [0.29, 0.717) is 16.6 Å². The van der Waals surface area contributed by atoms with E-state index in [-0.39, 0.29) is 0 Å². The highest BCUT2D eigenvalue weighted by Crippen LogP contribution is 2.23. The molecule has 2 aromatic rings. The molecule has 0 aliphatic carbocycles. The average Bonchev–Trinajstić information content (AvgIpc) is 2.78. The van der Waals surface area contributed by atoms with Crippen molar-refractivity contribution in [1.82, 2.24) is 4.98 Å². The van der Waals surface area contributed by atoms with Crippen LogP contribution in [0.3, 0.4) is 0 Å². The number of primary amides is 1. The molecular weight excluding hydrogens is 240 g/mol. The first kappa shape index (κ1) is 11.7. The van der Waals surface area contributed by atoms with Gasteiger partial charge < -0.3 is 10.2 Å². The second-order valence-electron chi connectivity index (χ2n) is 3.70. The lowest BCUT2D eigenvalue weighted by Gasteiger charge is -1.99. The van der Waals surface area contributed by atoms with Crippen LogP contribution in [0.5, 0.6) is 0 Å². The summed E-state index contributed by atoms with van der Waals surface area (Å²) in [4.78, 5) is 15.2. The van der Waals surface area contributed by atoms with E-state index in [9.17, 15) is 4.79 Å². The number of nitrogens with zero attached hydrogens (tertiary/aromatic N) is 1. The molecule has 0 radical (unpaired) electrons. The van der Waals surface area contributed by atoms with E-state index >= 15 is 0 Å². The number of hydrogen-bond donors (Lipinski definition) is 1. The van der Waals surface area contributed by atoms with Crippen molar-refractivity contribution in [2.75, 3.05) is 0 Å². The zero-order valence-corrected chi connectivity index (χ0v) is 9.94. The van der Waals surface area contributed by atoms with Crippen LogP contribution < -0.4 is 5.73 Å². The lowest BCUT2D eigenvalue weighted by atomic mass is 10.1. The molecular formula is C12H11ClN2O2. The summed E-state index contributed by atoms with van der Waals surface area (Å²) in [7, 11) is 0. The minimum atomic E-state index is -0.531. The van der Waals surface area contributed by atoms with Gasteiger partial charge in [-0.15, -0.1) is 0 Å². The summed E-state index contributed by atoms with van der Waals surface area (Å²) in [6, 6.07) is 7.20. The van der Waals surface area contributed by atoms with Crippen LogP contribution in [0.4, 0.5) is 0 Å². The number of halogens is 1. The summed E-state index contributed by atoms with van der Waals surface area (Å²) in [6.07, 6.45) is 1.50. The molecule has 1 atom stereocenters. The number of carbonyl (C=O) groups is 1. The Labute approximate surface area is 103 Å². The second kappa shape index (κ2) is 4.59. The molecule has 0 aliphatic rings. The molecule has 17 heavy (non-hydrogen) atoms. The molecule has 2 N–H and O–H groups in total.